The molecule has 1 heterocycles. The van der Waals surface area contributed by atoms with Gasteiger partial charge in [-0.2, -0.15) is 0 Å². The summed E-state index contributed by atoms with van der Waals surface area (Å²) in [6.45, 7) is 7.74. The van der Waals surface area contributed by atoms with E-state index < -0.39 is 11.6 Å². The first-order chi connectivity index (χ1) is 5.73. The van der Waals surface area contributed by atoms with Crippen LogP contribution in [-0.4, -0.2) is 22.3 Å². The van der Waals surface area contributed by atoms with E-state index in [1.165, 1.54) is 6.08 Å². The summed E-state index contributed by atoms with van der Waals surface area (Å²) in [4.78, 5) is 10.5. The zero-order valence-corrected chi connectivity index (χ0v) is 8.55. The quantitative estimate of drug-likeness (QED) is 0.634. The Morgan fingerprint density at radius 2 is 2.00 bits per heavy atom. The Labute approximate surface area is 78.4 Å². The number of hydrogen-bond acceptors (Lipinski definition) is 2. The van der Waals surface area contributed by atoms with E-state index in [-0.39, 0.29) is 5.60 Å². The summed E-state index contributed by atoms with van der Waals surface area (Å²) in [6.07, 6.45) is 1.95. The highest BCUT2D eigenvalue weighted by atomic mass is 16.5. The van der Waals surface area contributed by atoms with E-state index in [1.54, 1.807) is 0 Å². The van der Waals surface area contributed by atoms with E-state index in [0.29, 0.717) is 6.42 Å². The molecule has 0 spiro atoms. The molecule has 0 unspecified atom stereocenters. The van der Waals surface area contributed by atoms with Gasteiger partial charge in [0.25, 0.3) is 0 Å². The summed E-state index contributed by atoms with van der Waals surface area (Å²) in [7, 11) is 0. The van der Waals surface area contributed by atoms with Crippen molar-refractivity contribution in [2.75, 3.05) is 0 Å². The highest BCUT2D eigenvalue weighted by Gasteiger charge is 2.41. The van der Waals surface area contributed by atoms with Gasteiger partial charge in [0.2, 0.25) is 0 Å². The second-order valence-electron chi connectivity index (χ2n) is 4.56. The summed E-state index contributed by atoms with van der Waals surface area (Å²) in [5.74, 6) is -0.899. The zero-order chi connectivity index (χ0) is 10.3. The van der Waals surface area contributed by atoms with Gasteiger partial charge in [0.1, 0.15) is 0 Å². The molecule has 0 atom stereocenters. The van der Waals surface area contributed by atoms with Crippen LogP contribution in [-0.2, 0) is 9.53 Å². The van der Waals surface area contributed by atoms with Crippen molar-refractivity contribution in [3.8, 4) is 0 Å². The standard InChI is InChI=1S/C10H16O3/c1-9(2)6-7(5-8(11)12)10(3,4)13-9/h5H,6H2,1-4H3,(H,11,12)/b7-5-. The van der Waals surface area contributed by atoms with Gasteiger partial charge in [0.15, 0.2) is 0 Å². The minimum absolute atomic E-state index is 0.245. The van der Waals surface area contributed by atoms with Crippen LogP contribution >= 0.6 is 0 Å². The molecule has 0 radical (unpaired) electrons. The molecule has 1 N–H and O–H groups in total. The molecule has 74 valence electrons. The number of carboxylic acids is 1. The van der Waals surface area contributed by atoms with Crippen LogP contribution in [0.1, 0.15) is 34.1 Å². The topological polar surface area (TPSA) is 46.5 Å². The van der Waals surface area contributed by atoms with E-state index in [0.717, 1.165) is 5.57 Å². The maximum atomic E-state index is 10.5. The number of hydrogen-bond donors (Lipinski definition) is 1. The predicted octanol–water partition coefficient (Wildman–Crippen LogP) is 1.97. The van der Waals surface area contributed by atoms with Crippen molar-refractivity contribution in [1.82, 2.24) is 0 Å². The van der Waals surface area contributed by atoms with Crippen LogP contribution < -0.4 is 0 Å². The Balaban J connectivity index is 2.95. The summed E-state index contributed by atoms with van der Waals surface area (Å²) >= 11 is 0. The highest BCUT2D eigenvalue weighted by molar-refractivity contribution is 5.81. The number of ether oxygens (including phenoxy) is 1. The van der Waals surface area contributed by atoms with Crippen molar-refractivity contribution in [3.63, 3.8) is 0 Å². The van der Waals surface area contributed by atoms with E-state index >= 15 is 0 Å². The molecule has 0 aromatic heterocycles. The number of rotatable bonds is 1. The third kappa shape index (κ3) is 2.31. The third-order valence-electron chi connectivity index (χ3n) is 2.22. The molecule has 1 saturated heterocycles. The summed E-state index contributed by atoms with van der Waals surface area (Å²) in [6, 6.07) is 0. The van der Waals surface area contributed by atoms with Crippen molar-refractivity contribution in [2.24, 2.45) is 0 Å². The molecule has 1 fully saturated rings. The maximum Gasteiger partial charge on any atom is 0.328 e. The van der Waals surface area contributed by atoms with E-state index in [4.69, 9.17) is 9.84 Å². The normalized spacial score (nSPS) is 27.8. The average Bonchev–Trinajstić information content (AvgIpc) is 1.98. The number of carboxylic acid groups (broad SMARTS) is 1. The fraction of sp³-hybridized carbons (Fsp3) is 0.700. The maximum absolute atomic E-state index is 10.5. The smallest absolute Gasteiger partial charge is 0.328 e. The molecule has 0 bridgehead atoms. The minimum atomic E-state index is -0.899. The molecule has 1 aliphatic heterocycles. The molecule has 0 saturated carbocycles. The van der Waals surface area contributed by atoms with Gasteiger partial charge >= 0.3 is 5.97 Å². The van der Waals surface area contributed by atoms with Crippen molar-refractivity contribution in [1.29, 1.82) is 0 Å². The summed E-state index contributed by atoms with van der Waals surface area (Å²) < 4.78 is 5.72. The SMILES string of the molecule is CC1(C)C/C(=C/C(=O)O)C(C)(C)O1. The van der Waals surface area contributed by atoms with Gasteiger partial charge in [0, 0.05) is 12.5 Å². The van der Waals surface area contributed by atoms with Gasteiger partial charge in [-0.3, -0.25) is 0 Å². The van der Waals surface area contributed by atoms with Gasteiger partial charge < -0.3 is 9.84 Å². The lowest BCUT2D eigenvalue weighted by molar-refractivity contribution is -0.131. The van der Waals surface area contributed by atoms with Gasteiger partial charge in [-0.25, -0.2) is 4.79 Å². The Morgan fingerprint density at radius 3 is 2.31 bits per heavy atom. The van der Waals surface area contributed by atoms with Gasteiger partial charge in [-0.05, 0) is 33.3 Å². The van der Waals surface area contributed by atoms with Gasteiger partial charge in [0.05, 0.1) is 11.2 Å². The Hall–Kier alpha value is -0.830. The Bertz CT molecular complexity index is 261. The minimum Gasteiger partial charge on any atom is -0.478 e. The molecule has 1 rings (SSSR count). The van der Waals surface area contributed by atoms with E-state index in [2.05, 4.69) is 0 Å². The Morgan fingerprint density at radius 1 is 1.46 bits per heavy atom. The van der Waals surface area contributed by atoms with Crippen LogP contribution in [0.5, 0.6) is 0 Å². The van der Waals surface area contributed by atoms with Crippen LogP contribution in [0.3, 0.4) is 0 Å². The third-order valence-corrected chi connectivity index (χ3v) is 2.22. The van der Waals surface area contributed by atoms with Crippen LogP contribution in [0.15, 0.2) is 11.6 Å². The molecule has 0 aliphatic carbocycles. The van der Waals surface area contributed by atoms with Crippen LogP contribution in [0.4, 0.5) is 0 Å². The van der Waals surface area contributed by atoms with Crippen LogP contribution in [0.25, 0.3) is 0 Å². The number of carbonyl (C=O) groups is 1. The van der Waals surface area contributed by atoms with Crippen molar-refractivity contribution in [2.45, 2.75) is 45.3 Å². The van der Waals surface area contributed by atoms with Crippen molar-refractivity contribution < 1.29 is 14.6 Å². The summed E-state index contributed by atoms with van der Waals surface area (Å²) in [5.41, 5.74) is 0.164. The highest BCUT2D eigenvalue weighted by Crippen LogP contribution is 2.41. The molecule has 3 heteroatoms. The lowest BCUT2D eigenvalue weighted by Crippen LogP contribution is -2.26. The average molecular weight is 184 g/mol. The van der Waals surface area contributed by atoms with E-state index in [1.807, 2.05) is 27.7 Å². The molecule has 0 aromatic carbocycles. The largest absolute Gasteiger partial charge is 0.478 e. The summed E-state index contributed by atoms with van der Waals surface area (Å²) in [5, 5.41) is 8.64. The van der Waals surface area contributed by atoms with Crippen molar-refractivity contribution >= 4 is 5.97 Å². The number of aliphatic carboxylic acids is 1. The first kappa shape index (κ1) is 10.3. The molecule has 0 aromatic rings. The monoisotopic (exact) mass is 184 g/mol. The first-order valence-electron chi connectivity index (χ1n) is 4.37. The molecule has 1 aliphatic rings. The fourth-order valence-corrected chi connectivity index (χ4v) is 1.84. The Kier molecular flexibility index (Phi) is 2.24. The van der Waals surface area contributed by atoms with Crippen LogP contribution in [0.2, 0.25) is 0 Å². The van der Waals surface area contributed by atoms with Crippen LogP contribution in [0, 0.1) is 0 Å². The fourth-order valence-electron chi connectivity index (χ4n) is 1.84. The van der Waals surface area contributed by atoms with E-state index in [9.17, 15) is 4.79 Å². The molecular formula is C10H16O3. The molecule has 3 nitrogen and oxygen atoms in total. The molecular weight excluding hydrogens is 168 g/mol. The lowest BCUT2D eigenvalue weighted by Gasteiger charge is -2.23. The molecule has 13 heavy (non-hydrogen) atoms. The second kappa shape index (κ2) is 2.84. The van der Waals surface area contributed by atoms with Crippen molar-refractivity contribution in [3.05, 3.63) is 11.6 Å². The second-order valence-corrected chi connectivity index (χ2v) is 4.56. The molecule has 0 amide bonds. The van der Waals surface area contributed by atoms with Gasteiger partial charge in [-0.15, -0.1) is 0 Å². The lowest BCUT2D eigenvalue weighted by atomic mass is 9.94. The first-order valence-corrected chi connectivity index (χ1v) is 4.37. The predicted molar refractivity (Wildman–Crippen MR) is 49.6 cm³/mol. The van der Waals surface area contributed by atoms with Gasteiger partial charge in [-0.1, -0.05) is 0 Å². The zero-order valence-electron chi connectivity index (χ0n) is 8.55.